The molecule has 0 bridgehead atoms. The van der Waals surface area contributed by atoms with E-state index in [4.69, 9.17) is 14.2 Å². The molecule has 0 fully saturated rings. The summed E-state index contributed by atoms with van der Waals surface area (Å²) in [5.41, 5.74) is 3.68. The van der Waals surface area contributed by atoms with Gasteiger partial charge in [-0.05, 0) is 23.0 Å². The molecule has 4 nitrogen and oxygen atoms in total. The molecule has 0 aliphatic carbocycles. The zero-order chi connectivity index (χ0) is 16.7. The third-order valence-corrected chi connectivity index (χ3v) is 3.67. The summed E-state index contributed by atoms with van der Waals surface area (Å²) >= 11 is 0. The average Bonchev–Trinajstić information content (AvgIpc) is 2.47. The van der Waals surface area contributed by atoms with Gasteiger partial charge in [0.1, 0.15) is 12.4 Å². The molecule has 0 unspecified atom stereocenters. The van der Waals surface area contributed by atoms with Crippen molar-refractivity contribution in [2.24, 2.45) is 0 Å². The number of methoxy groups -OCH3 is 2. The first-order valence-electron chi connectivity index (χ1n) is 7.73. The highest BCUT2D eigenvalue weighted by Crippen LogP contribution is 2.37. The molecule has 0 spiro atoms. The van der Waals surface area contributed by atoms with Crippen molar-refractivity contribution in [1.29, 1.82) is 0 Å². The van der Waals surface area contributed by atoms with Crippen molar-refractivity contribution in [3.05, 3.63) is 28.3 Å². The summed E-state index contributed by atoms with van der Waals surface area (Å²) in [5.74, 6) is 1.33. The van der Waals surface area contributed by atoms with E-state index in [-0.39, 0.29) is 5.92 Å². The van der Waals surface area contributed by atoms with Gasteiger partial charge in [-0.3, -0.25) is 4.79 Å². The Morgan fingerprint density at radius 2 is 1.64 bits per heavy atom. The number of carbonyl (C=O) groups is 1. The third-order valence-electron chi connectivity index (χ3n) is 3.67. The maximum absolute atomic E-state index is 11.7. The number of ether oxygens (including phenoxy) is 3. The molecule has 124 valence electrons. The Morgan fingerprint density at radius 3 is 2.09 bits per heavy atom. The van der Waals surface area contributed by atoms with E-state index < -0.39 is 0 Å². The highest BCUT2D eigenvalue weighted by atomic mass is 16.5. The lowest BCUT2D eigenvalue weighted by Gasteiger charge is -2.23. The lowest BCUT2D eigenvalue weighted by molar-refractivity contribution is 0.111. The van der Waals surface area contributed by atoms with Gasteiger partial charge in [-0.1, -0.05) is 33.8 Å². The van der Waals surface area contributed by atoms with Crippen molar-refractivity contribution in [3.8, 4) is 5.75 Å². The van der Waals surface area contributed by atoms with E-state index in [0.29, 0.717) is 31.3 Å². The summed E-state index contributed by atoms with van der Waals surface area (Å²) in [5, 5.41) is 0. The lowest BCUT2D eigenvalue weighted by Crippen LogP contribution is -2.13. The highest BCUT2D eigenvalue weighted by Gasteiger charge is 2.22. The molecule has 0 aliphatic heterocycles. The van der Waals surface area contributed by atoms with E-state index in [9.17, 15) is 4.79 Å². The van der Waals surface area contributed by atoms with E-state index in [2.05, 4.69) is 33.8 Å². The normalized spacial score (nSPS) is 11.3. The van der Waals surface area contributed by atoms with E-state index in [1.54, 1.807) is 14.2 Å². The van der Waals surface area contributed by atoms with Gasteiger partial charge in [-0.15, -0.1) is 0 Å². The minimum absolute atomic E-state index is 0.265. The fourth-order valence-electron chi connectivity index (χ4n) is 2.51. The Hall–Kier alpha value is -1.39. The molecule has 0 heterocycles. The van der Waals surface area contributed by atoms with Gasteiger partial charge in [0.2, 0.25) is 0 Å². The van der Waals surface area contributed by atoms with Gasteiger partial charge in [0.25, 0.3) is 0 Å². The SMILES string of the molecule is COCCOc1c(C(C)C)cc(C(C)C)c(C=O)c1COC. The number of rotatable bonds is 9. The molecule has 0 saturated carbocycles. The minimum Gasteiger partial charge on any atom is -0.490 e. The molecule has 0 N–H and O–H groups in total. The number of benzene rings is 1. The lowest BCUT2D eigenvalue weighted by atomic mass is 9.87. The van der Waals surface area contributed by atoms with Crippen molar-refractivity contribution >= 4 is 6.29 Å². The second-order valence-corrected chi connectivity index (χ2v) is 5.98. The van der Waals surface area contributed by atoms with Gasteiger partial charge in [0.05, 0.1) is 13.2 Å². The Bertz CT molecular complexity index is 492. The topological polar surface area (TPSA) is 44.8 Å². The molecule has 0 aliphatic rings. The van der Waals surface area contributed by atoms with Crippen LogP contribution in [0.5, 0.6) is 5.75 Å². The van der Waals surface area contributed by atoms with Crippen LogP contribution in [-0.4, -0.2) is 33.7 Å². The van der Waals surface area contributed by atoms with Gasteiger partial charge in [-0.2, -0.15) is 0 Å². The van der Waals surface area contributed by atoms with Crippen LogP contribution in [0.15, 0.2) is 6.07 Å². The first kappa shape index (κ1) is 18.7. The molecule has 1 rings (SSSR count). The van der Waals surface area contributed by atoms with Crippen LogP contribution < -0.4 is 4.74 Å². The van der Waals surface area contributed by atoms with Crippen molar-refractivity contribution in [3.63, 3.8) is 0 Å². The summed E-state index contributed by atoms with van der Waals surface area (Å²) < 4.78 is 16.3. The highest BCUT2D eigenvalue weighted by molar-refractivity contribution is 5.82. The zero-order valence-electron chi connectivity index (χ0n) is 14.6. The Balaban J connectivity index is 3.49. The Morgan fingerprint density at radius 1 is 1.00 bits per heavy atom. The standard InChI is InChI=1S/C18H28O4/c1-12(2)14-9-15(13(3)4)18(22-8-7-20-5)17(11-21-6)16(14)10-19/h9-10,12-13H,7-8,11H2,1-6H3. The van der Waals surface area contributed by atoms with Crippen LogP contribution >= 0.6 is 0 Å². The van der Waals surface area contributed by atoms with E-state index in [1.165, 1.54) is 0 Å². The van der Waals surface area contributed by atoms with E-state index in [0.717, 1.165) is 28.7 Å². The average molecular weight is 308 g/mol. The van der Waals surface area contributed by atoms with Crippen LogP contribution in [0.4, 0.5) is 0 Å². The molecule has 22 heavy (non-hydrogen) atoms. The molecule has 0 radical (unpaired) electrons. The van der Waals surface area contributed by atoms with Crippen molar-refractivity contribution in [2.45, 2.75) is 46.1 Å². The maximum atomic E-state index is 11.7. The van der Waals surface area contributed by atoms with E-state index in [1.807, 2.05) is 0 Å². The quantitative estimate of drug-likeness (QED) is 0.512. The van der Waals surface area contributed by atoms with Crippen LogP contribution in [0.3, 0.4) is 0 Å². The first-order chi connectivity index (χ1) is 10.5. The molecule has 0 amide bonds. The third kappa shape index (κ3) is 4.31. The monoisotopic (exact) mass is 308 g/mol. The second kappa shape index (κ2) is 8.91. The van der Waals surface area contributed by atoms with Crippen molar-refractivity contribution in [2.75, 3.05) is 27.4 Å². The Kier molecular flexibility index (Phi) is 7.56. The molecule has 0 aromatic heterocycles. The molecule has 0 saturated heterocycles. The molecular formula is C18H28O4. The summed E-state index contributed by atoms with van der Waals surface area (Å²) in [6, 6.07) is 2.10. The minimum atomic E-state index is 0.265. The predicted molar refractivity (Wildman–Crippen MR) is 88.1 cm³/mol. The van der Waals surface area contributed by atoms with Crippen LogP contribution in [0.1, 0.15) is 66.6 Å². The van der Waals surface area contributed by atoms with Crippen LogP contribution in [0.2, 0.25) is 0 Å². The van der Waals surface area contributed by atoms with Gasteiger partial charge < -0.3 is 14.2 Å². The number of carbonyl (C=O) groups excluding carboxylic acids is 1. The summed E-state index contributed by atoms with van der Waals surface area (Å²) in [6.07, 6.45) is 0.914. The maximum Gasteiger partial charge on any atom is 0.150 e. The molecule has 0 atom stereocenters. The fraction of sp³-hybridized carbons (Fsp3) is 0.611. The predicted octanol–water partition coefficient (Wildman–Crippen LogP) is 3.92. The fourth-order valence-corrected chi connectivity index (χ4v) is 2.51. The smallest absolute Gasteiger partial charge is 0.150 e. The van der Waals surface area contributed by atoms with Gasteiger partial charge >= 0.3 is 0 Å². The number of hydrogen-bond acceptors (Lipinski definition) is 4. The van der Waals surface area contributed by atoms with Crippen molar-refractivity contribution in [1.82, 2.24) is 0 Å². The van der Waals surface area contributed by atoms with Gasteiger partial charge in [-0.25, -0.2) is 0 Å². The molecule has 1 aromatic carbocycles. The summed E-state index contributed by atoms with van der Waals surface area (Å²) in [4.78, 5) is 11.7. The van der Waals surface area contributed by atoms with Gasteiger partial charge in [0, 0.05) is 25.3 Å². The van der Waals surface area contributed by atoms with Gasteiger partial charge in [0.15, 0.2) is 6.29 Å². The number of hydrogen-bond donors (Lipinski definition) is 0. The largest absolute Gasteiger partial charge is 0.490 e. The summed E-state index contributed by atoms with van der Waals surface area (Å²) in [7, 11) is 3.27. The zero-order valence-corrected chi connectivity index (χ0v) is 14.6. The molecule has 4 heteroatoms. The first-order valence-corrected chi connectivity index (χ1v) is 7.73. The van der Waals surface area contributed by atoms with E-state index >= 15 is 0 Å². The molecular weight excluding hydrogens is 280 g/mol. The Labute approximate surface area is 133 Å². The van der Waals surface area contributed by atoms with Crippen LogP contribution in [-0.2, 0) is 16.1 Å². The van der Waals surface area contributed by atoms with Crippen LogP contribution in [0.25, 0.3) is 0 Å². The second-order valence-electron chi connectivity index (χ2n) is 5.98. The molecule has 1 aromatic rings. The van der Waals surface area contributed by atoms with Crippen molar-refractivity contribution < 1.29 is 19.0 Å². The number of aldehydes is 1. The van der Waals surface area contributed by atoms with Crippen LogP contribution in [0, 0.1) is 0 Å². The summed E-state index contributed by atoms with van der Waals surface area (Å²) in [6.45, 7) is 9.75.